The normalized spacial score (nSPS) is 10.5. The summed E-state index contributed by atoms with van der Waals surface area (Å²) in [5.74, 6) is -0.213. The van der Waals surface area contributed by atoms with Crippen LogP contribution in [0.15, 0.2) is 29.1 Å². The molecule has 0 spiro atoms. The summed E-state index contributed by atoms with van der Waals surface area (Å²) in [6, 6.07) is 8.71. The van der Waals surface area contributed by atoms with Gasteiger partial charge in [0.05, 0.1) is 18.9 Å². The molecule has 0 unspecified atom stereocenters. The van der Waals surface area contributed by atoms with Crippen molar-refractivity contribution in [1.29, 1.82) is 5.26 Å². The summed E-state index contributed by atoms with van der Waals surface area (Å²) in [5.41, 5.74) is 1.41. The summed E-state index contributed by atoms with van der Waals surface area (Å²) in [6.45, 7) is 3.74. The van der Waals surface area contributed by atoms with E-state index in [1.807, 2.05) is 6.07 Å². The summed E-state index contributed by atoms with van der Waals surface area (Å²) < 4.78 is 1.10. The Morgan fingerprint density at radius 1 is 1.16 bits per heavy atom. The maximum absolute atomic E-state index is 12.6. The topological polar surface area (TPSA) is 110 Å². The Balaban J connectivity index is 2.65. The van der Waals surface area contributed by atoms with Crippen LogP contribution in [-0.2, 0) is 0 Å². The Labute approximate surface area is 145 Å². The zero-order valence-electron chi connectivity index (χ0n) is 14.2. The summed E-state index contributed by atoms with van der Waals surface area (Å²) in [7, 11) is 0. The molecule has 0 aliphatic carbocycles. The third-order valence-corrected chi connectivity index (χ3v) is 4.21. The highest BCUT2D eigenvalue weighted by atomic mass is 16.3. The molecule has 0 aliphatic heterocycles. The number of hydrogen-bond acceptors (Lipinski definition) is 6. The van der Waals surface area contributed by atoms with Crippen molar-refractivity contribution in [2.75, 3.05) is 31.2 Å². The maximum atomic E-state index is 12.6. The molecule has 1 heterocycles. The third-order valence-electron chi connectivity index (χ3n) is 4.21. The van der Waals surface area contributed by atoms with Crippen LogP contribution in [0.3, 0.4) is 0 Å². The van der Waals surface area contributed by atoms with Crippen molar-refractivity contribution in [3.8, 4) is 17.6 Å². The predicted molar refractivity (Wildman–Crippen MR) is 94.3 cm³/mol. The van der Waals surface area contributed by atoms with Crippen LogP contribution in [-0.4, -0.2) is 46.2 Å². The average Bonchev–Trinajstić information content (AvgIpc) is 2.60. The Kier molecular flexibility index (Phi) is 5.80. The van der Waals surface area contributed by atoms with E-state index in [9.17, 15) is 25.4 Å². The van der Waals surface area contributed by atoms with Crippen LogP contribution in [0, 0.1) is 25.2 Å². The lowest BCUT2D eigenvalue weighted by Crippen LogP contribution is -2.30. The minimum absolute atomic E-state index is 0.0109. The van der Waals surface area contributed by atoms with Gasteiger partial charge in [0.15, 0.2) is 0 Å². The molecule has 0 radical (unpaired) electrons. The number of aromatic hydroxyl groups is 1. The molecule has 1 aromatic carbocycles. The Morgan fingerprint density at radius 2 is 1.80 bits per heavy atom. The van der Waals surface area contributed by atoms with Crippen molar-refractivity contribution < 1.29 is 15.3 Å². The molecule has 0 aliphatic rings. The van der Waals surface area contributed by atoms with Crippen molar-refractivity contribution in [3.05, 3.63) is 51.3 Å². The Bertz CT molecular complexity index is 862. The summed E-state index contributed by atoms with van der Waals surface area (Å²) in [6.07, 6.45) is 0. The van der Waals surface area contributed by atoms with Gasteiger partial charge >= 0.3 is 0 Å². The molecule has 0 fully saturated rings. The first-order chi connectivity index (χ1) is 12.0. The van der Waals surface area contributed by atoms with Gasteiger partial charge in [0.2, 0.25) is 5.88 Å². The van der Waals surface area contributed by atoms with Crippen LogP contribution >= 0.6 is 0 Å². The monoisotopic (exact) mass is 343 g/mol. The number of anilines is 1. The smallest absolute Gasteiger partial charge is 0.276 e. The number of pyridine rings is 1. The van der Waals surface area contributed by atoms with E-state index in [0.717, 1.165) is 4.57 Å². The molecule has 3 N–H and O–H groups in total. The van der Waals surface area contributed by atoms with Gasteiger partial charge in [-0.1, -0.05) is 6.07 Å². The van der Waals surface area contributed by atoms with Crippen LogP contribution < -0.4 is 10.5 Å². The van der Waals surface area contributed by atoms with Gasteiger partial charge in [-0.3, -0.25) is 4.79 Å². The van der Waals surface area contributed by atoms with E-state index < -0.39 is 5.56 Å². The number of hydrogen-bond donors (Lipinski definition) is 3. The Hall–Kier alpha value is -2.82. The lowest BCUT2D eigenvalue weighted by molar-refractivity contribution is 0.281. The van der Waals surface area contributed by atoms with E-state index in [-0.39, 0.29) is 24.7 Å². The number of aliphatic hydroxyl groups excluding tert-OH is 2. The largest absolute Gasteiger partial charge is 0.494 e. The highest BCUT2D eigenvalue weighted by Gasteiger charge is 2.18. The maximum Gasteiger partial charge on any atom is 0.276 e. The number of rotatable bonds is 6. The second-order valence-electron chi connectivity index (χ2n) is 5.66. The summed E-state index contributed by atoms with van der Waals surface area (Å²) in [5, 5.41) is 38.0. The van der Waals surface area contributed by atoms with E-state index in [1.165, 1.54) is 0 Å². The number of benzene rings is 1. The van der Waals surface area contributed by atoms with Gasteiger partial charge in [-0.2, -0.15) is 5.26 Å². The van der Waals surface area contributed by atoms with Crippen molar-refractivity contribution in [2.24, 2.45) is 0 Å². The van der Waals surface area contributed by atoms with Crippen molar-refractivity contribution in [2.45, 2.75) is 13.8 Å². The minimum atomic E-state index is -0.587. The van der Waals surface area contributed by atoms with Gasteiger partial charge in [-0.25, -0.2) is 4.57 Å². The molecule has 1 aromatic heterocycles. The highest BCUT2D eigenvalue weighted by Crippen LogP contribution is 2.25. The number of aliphatic hydroxyl groups is 2. The summed E-state index contributed by atoms with van der Waals surface area (Å²) >= 11 is 0. The lowest BCUT2D eigenvalue weighted by Gasteiger charge is -2.24. The van der Waals surface area contributed by atoms with Gasteiger partial charge in [0.1, 0.15) is 11.6 Å². The van der Waals surface area contributed by atoms with E-state index in [4.69, 9.17) is 0 Å². The van der Waals surface area contributed by atoms with E-state index in [1.54, 1.807) is 43.0 Å². The fourth-order valence-electron chi connectivity index (χ4n) is 2.70. The first-order valence-corrected chi connectivity index (χ1v) is 7.88. The van der Waals surface area contributed by atoms with Crippen LogP contribution in [0.5, 0.6) is 5.88 Å². The molecule has 7 heteroatoms. The molecule has 0 saturated heterocycles. The highest BCUT2D eigenvalue weighted by molar-refractivity contribution is 5.56. The molecule has 2 aromatic rings. The first kappa shape index (κ1) is 18.5. The Morgan fingerprint density at radius 3 is 2.36 bits per heavy atom. The molecule has 2 rings (SSSR count). The van der Waals surface area contributed by atoms with Gasteiger partial charge in [-0.05, 0) is 37.6 Å². The molecule has 0 atom stereocenters. The molecule has 0 amide bonds. The zero-order valence-corrected chi connectivity index (χ0v) is 14.2. The average molecular weight is 343 g/mol. The van der Waals surface area contributed by atoms with E-state index in [0.29, 0.717) is 35.6 Å². The molecule has 25 heavy (non-hydrogen) atoms. The van der Waals surface area contributed by atoms with Crippen molar-refractivity contribution in [1.82, 2.24) is 4.57 Å². The van der Waals surface area contributed by atoms with Crippen LogP contribution in [0.2, 0.25) is 0 Å². The SMILES string of the molecule is Cc1c(C)c(O)n(-c2cccc(N(CCO)CCO)c2)c(=O)c1C#N. The second-order valence-corrected chi connectivity index (χ2v) is 5.66. The molecular weight excluding hydrogens is 322 g/mol. The number of nitrogens with zero attached hydrogens (tertiary/aromatic N) is 3. The fraction of sp³-hybridized carbons (Fsp3) is 0.333. The van der Waals surface area contributed by atoms with Gasteiger partial charge in [-0.15, -0.1) is 0 Å². The molecule has 0 bridgehead atoms. The molecule has 132 valence electrons. The predicted octanol–water partition coefficient (Wildman–Crippen LogP) is 0.823. The minimum Gasteiger partial charge on any atom is -0.494 e. The second kappa shape index (κ2) is 7.83. The third kappa shape index (κ3) is 3.50. The van der Waals surface area contributed by atoms with Gasteiger partial charge in [0, 0.05) is 24.3 Å². The van der Waals surface area contributed by atoms with E-state index >= 15 is 0 Å². The first-order valence-electron chi connectivity index (χ1n) is 7.88. The zero-order chi connectivity index (χ0) is 18.6. The van der Waals surface area contributed by atoms with Crippen LogP contribution in [0.25, 0.3) is 5.69 Å². The van der Waals surface area contributed by atoms with Crippen LogP contribution in [0.4, 0.5) is 5.69 Å². The molecule has 7 nitrogen and oxygen atoms in total. The van der Waals surface area contributed by atoms with Crippen LogP contribution in [0.1, 0.15) is 16.7 Å². The lowest BCUT2D eigenvalue weighted by atomic mass is 10.1. The molecule has 0 saturated carbocycles. The number of nitriles is 1. The van der Waals surface area contributed by atoms with Gasteiger partial charge in [0.25, 0.3) is 5.56 Å². The van der Waals surface area contributed by atoms with Gasteiger partial charge < -0.3 is 20.2 Å². The summed E-state index contributed by atoms with van der Waals surface area (Å²) in [4.78, 5) is 14.4. The quantitative estimate of drug-likeness (QED) is 0.716. The number of aromatic nitrogens is 1. The van der Waals surface area contributed by atoms with Crippen molar-refractivity contribution in [3.63, 3.8) is 0 Å². The fourth-order valence-corrected chi connectivity index (χ4v) is 2.70. The molecular formula is C18H21N3O4. The van der Waals surface area contributed by atoms with Crippen molar-refractivity contribution >= 4 is 5.69 Å². The standard InChI is InChI=1S/C18H21N3O4/c1-12-13(2)17(24)21(18(25)16(12)11-19)15-5-3-4-14(10-15)20(6-8-22)7-9-23/h3-5,10,22-24H,6-9H2,1-2H3. The van der Waals surface area contributed by atoms with E-state index in [2.05, 4.69) is 0 Å².